The van der Waals surface area contributed by atoms with Crippen molar-refractivity contribution in [1.29, 1.82) is 0 Å². The van der Waals surface area contributed by atoms with Gasteiger partial charge in [-0.3, -0.25) is 0 Å². The van der Waals surface area contributed by atoms with Gasteiger partial charge in [0.1, 0.15) is 0 Å². The molecule has 0 aromatic heterocycles. The van der Waals surface area contributed by atoms with E-state index in [-0.39, 0.29) is 0 Å². The molecule has 0 aliphatic heterocycles. The van der Waals surface area contributed by atoms with Gasteiger partial charge in [-0.2, -0.15) is 0 Å². The lowest BCUT2D eigenvalue weighted by Gasteiger charge is -1.73. The summed E-state index contributed by atoms with van der Waals surface area (Å²) >= 11 is 0. The summed E-state index contributed by atoms with van der Waals surface area (Å²) in [5.74, 6) is 0. The molecule has 0 unspecified atom stereocenters. The van der Waals surface area contributed by atoms with Gasteiger partial charge in [0, 0.05) is 0 Å². The molecule has 3 amide bonds. The number of hydrogen-bond acceptors (Lipinski definition) is 2. The predicted octanol–water partition coefficient (Wildman–Crippen LogP) is 0.195. The second kappa shape index (κ2) is 2.67. The molecule has 0 rings (SSSR count). The van der Waals surface area contributed by atoms with E-state index in [2.05, 4.69) is 16.0 Å². The van der Waals surface area contributed by atoms with Crippen molar-refractivity contribution in [3.8, 4) is 0 Å². The summed E-state index contributed by atoms with van der Waals surface area (Å²) in [6.45, 7) is 0. The zero-order valence-corrected chi connectivity index (χ0v) is 3.74. The first-order valence-electron chi connectivity index (χ1n) is 1.57. The average Bonchev–Trinajstić information content (AvgIpc) is 1.61. The van der Waals surface area contributed by atoms with Gasteiger partial charge in [0.25, 0.3) is 0 Å². The maximum absolute atomic E-state index is 9.60. The molecule has 0 fully saturated rings. The van der Waals surface area contributed by atoms with Gasteiger partial charge in [0.2, 0.25) is 0 Å². The van der Waals surface area contributed by atoms with Crippen LogP contribution in [0.3, 0.4) is 0 Å². The summed E-state index contributed by atoms with van der Waals surface area (Å²) in [5.41, 5.74) is 4.38. The van der Waals surface area contributed by atoms with Crippen LogP contribution in [0.4, 0.5) is 9.59 Å². The minimum atomic E-state index is -1.54. The average molecular weight is 117 g/mol. The van der Waals surface area contributed by atoms with Crippen molar-refractivity contribution in [2.75, 3.05) is 0 Å². The zero-order valence-electron chi connectivity index (χ0n) is 3.74. The van der Waals surface area contributed by atoms with E-state index in [1.165, 1.54) is 0 Å². The predicted molar refractivity (Wildman–Crippen MR) is 22.5 cm³/mol. The molecule has 0 saturated carbocycles. The van der Waals surface area contributed by atoms with Gasteiger partial charge in [-0.05, 0) is 0 Å². The normalized spacial score (nSPS) is 9.50. The molecule has 0 aliphatic carbocycles. The lowest BCUT2D eigenvalue weighted by Crippen LogP contribution is -2.03. The van der Waals surface area contributed by atoms with Crippen LogP contribution in [-0.4, -0.2) is 17.2 Å². The molecular formula is C2H3N3O3. The Balaban J connectivity index is 3.67. The topological polar surface area (TPSA) is 105 Å². The van der Waals surface area contributed by atoms with Crippen LogP contribution in [0.25, 0.3) is 0 Å². The second-order valence-electron chi connectivity index (χ2n) is 0.821. The third kappa shape index (κ3) is 4.54. The van der Waals surface area contributed by atoms with Crippen LogP contribution in [0.1, 0.15) is 0 Å². The molecule has 44 valence electrons. The van der Waals surface area contributed by atoms with Gasteiger partial charge in [-0.25, -0.2) is 9.59 Å². The summed E-state index contributed by atoms with van der Waals surface area (Å²) in [4.78, 5) is 19.0. The highest BCUT2D eigenvalue weighted by molar-refractivity contribution is 5.74. The van der Waals surface area contributed by atoms with Gasteiger partial charge in [-0.15, -0.1) is 0 Å². The fraction of sp³-hybridized carbons (Fsp3) is 0. The first-order valence-corrected chi connectivity index (χ1v) is 1.57. The molecule has 0 radical (unpaired) electrons. The summed E-state index contributed by atoms with van der Waals surface area (Å²) in [6, 6.07) is -1.12. The highest BCUT2D eigenvalue weighted by Crippen LogP contribution is 1.74. The largest absolute Gasteiger partial charge is 0.462 e. The van der Waals surface area contributed by atoms with E-state index in [4.69, 9.17) is 5.11 Å². The minimum Gasteiger partial charge on any atom is -0.462 e. The lowest BCUT2D eigenvalue weighted by atomic mass is 11.1. The second-order valence-corrected chi connectivity index (χ2v) is 0.821. The molecule has 0 heterocycles. The van der Waals surface area contributed by atoms with E-state index in [1.54, 1.807) is 0 Å². The maximum Gasteiger partial charge on any atom is 0.450 e. The van der Waals surface area contributed by atoms with Crippen molar-refractivity contribution in [1.82, 2.24) is 0 Å². The van der Waals surface area contributed by atoms with Crippen LogP contribution >= 0.6 is 0 Å². The van der Waals surface area contributed by atoms with Crippen LogP contribution in [0.5, 0.6) is 0 Å². The lowest BCUT2D eigenvalue weighted by molar-refractivity contribution is 0.203. The zero-order chi connectivity index (χ0) is 6.57. The Labute approximate surface area is 44.0 Å². The van der Waals surface area contributed by atoms with Crippen molar-refractivity contribution < 1.29 is 14.7 Å². The molecule has 8 heavy (non-hydrogen) atoms. The molecule has 0 bridgehead atoms. The van der Waals surface area contributed by atoms with Crippen LogP contribution in [0.15, 0.2) is 10.2 Å². The summed E-state index contributed by atoms with van der Waals surface area (Å²) in [7, 11) is 0. The molecule has 3 N–H and O–H groups in total. The molecule has 0 atom stereocenters. The van der Waals surface area contributed by atoms with Crippen molar-refractivity contribution in [3.63, 3.8) is 0 Å². The SMILES string of the molecule is NC(=O)/N=N/C(=O)O. The van der Waals surface area contributed by atoms with E-state index < -0.39 is 12.1 Å². The van der Waals surface area contributed by atoms with Crippen molar-refractivity contribution >= 4 is 12.1 Å². The number of primary amides is 1. The number of nitrogens with zero attached hydrogens (tertiary/aromatic N) is 2. The Morgan fingerprint density at radius 1 is 1.38 bits per heavy atom. The highest BCUT2D eigenvalue weighted by atomic mass is 16.4. The summed E-state index contributed by atoms with van der Waals surface area (Å²) in [5, 5.41) is 12.6. The van der Waals surface area contributed by atoms with Crippen LogP contribution in [0, 0.1) is 0 Å². The molecule has 6 nitrogen and oxygen atoms in total. The number of rotatable bonds is 0. The third-order valence-corrected chi connectivity index (χ3v) is 0.234. The number of carbonyl (C=O) groups excluding carboxylic acids is 1. The van der Waals surface area contributed by atoms with Crippen molar-refractivity contribution in [2.45, 2.75) is 0 Å². The summed E-state index contributed by atoms with van der Waals surface area (Å²) < 4.78 is 0. The molecular weight excluding hydrogens is 114 g/mol. The van der Waals surface area contributed by atoms with Gasteiger partial charge in [-0.1, -0.05) is 10.2 Å². The van der Waals surface area contributed by atoms with Gasteiger partial charge in [0.05, 0.1) is 0 Å². The molecule has 0 aromatic carbocycles. The Bertz CT molecular complexity index is 123. The van der Waals surface area contributed by atoms with E-state index in [0.29, 0.717) is 0 Å². The number of amides is 3. The molecule has 0 saturated heterocycles. The first kappa shape index (κ1) is 6.54. The molecule has 0 spiro atoms. The van der Waals surface area contributed by atoms with Gasteiger partial charge in [0.15, 0.2) is 0 Å². The maximum atomic E-state index is 9.60. The molecule has 0 aliphatic rings. The molecule has 6 heteroatoms. The van der Waals surface area contributed by atoms with Crippen LogP contribution in [-0.2, 0) is 0 Å². The van der Waals surface area contributed by atoms with Crippen molar-refractivity contribution in [3.05, 3.63) is 0 Å². The Morgan fingerprint density at radius 2 is 1.88 bits per heavy atom. The number of azo groups is 1. The minimum absolute atomic E-state index is 1.12. The quantitative estimate of drug-likeness (QED) is 0.442. The summed E-state index contributed by atoms with van der Waals surface area (Å²) in [6.07, 6.45) is -1.54. The van der Waals surface area contributed by atoms with E-state index in [0.717, 1.165) is 0 Å². The fourth-order valence-corrected chi connectivity index (χ4v) is 0.0921. The number of hydrogen-bond donors (Lipinski definition) is 2. The highest BCUT2D eigenvalue weighted by Gasteiger charge is 1.89. The van der Waals surface area contributed by atoms with Crippen LogP contribution in [0.2, 0.25) is 0 Å². The monoisotopic (exact) mass is 117 g/mol. The van der Waals surface area contributed by atoms with Crippen molar-refractivity contribution in [2.24, 2.45) is 16.0 Å². The van der Waals surface area contributed by atoms with E-state index >= 15 is 0 Å². The Morgan fingerprint density at radius 3 is 2.00 bits per heavy atom. The third-order valence-electron chi connectivity index (χ3n) is 0.234. The fourth-order valence-electron chi connectivity index (χ4n) is 0.0921. The molecule has 0 aromatic rings. The number of nitrogens with two attached hydrogens (primary N) is 1. The number of carboxylic acid groups (broad SMARTS) is 1. The Kier molecular flexibility index (Phi) is 2.18. The number of urea groups is 1. The first-order chi connectivity index (χ1) is 3.63. The van der Waals surface area contributed by atoms with Crippen LogP contribution < -0.4 is 5.73 Å². The standard InChI is InChI=1S/C2H3N3O3/c3-1(6)4-5-2(7)8/h(H2,3,6)(H,7,8)/b5-4+. The van der Waals surface area contributed by atoms with Gasteiger partial charge >= 0.3 is 12.1 Å². The van der Waals surface area contributed by atoms with Gasteiger partial charge < -0.3 is 10.8 Å². The van der Waals surface area contributed by atoms with E-state index in [1.807, 2.05) is 0 Å². The number of carbonyl (C=O) groups is 2. The Hall–Kier alpha value is -1.46. The van der Waals surface area contributed by atoms with E-state index in [9.17, 15) is 9.59 Å². The smallest absolute Gasteiger partial charge is 0.450 e.